The Bertz CT molecular complexity index is 292. The summed E-state index contributed by atoms with van der Waals surface area (Å²) in [5, 5.41) is 0. The van der Waals surface area contributed by atoms with E-state index in [0.29, 0.717) is 11.8 Å². The zero-order chi connectivity index (χ0) is 11.4. The minimum Gasteiger partial charge on any atom is -0.469 e. The van der Waals surface area contributed by atoms with Gasteiger partial charge in [0.15, 0.2) is 0 Å². The molecule has 0 aliphatic heterocycles. The predicted molar refractivity (Wildman–Crippen MR) is 63.9 cm³/mol. The molecular weight excluding hydrogens is 200 g/mol. The molecule has 0 aromatic carbocycles. The Morgan fingerprint density at radius 1 is 1.25 bits per heavy atom. The first-order valence-corrected chi connectivity index (χ1v) is 6.24. The van der Waals surface area contributed by atoms with Crippen molar-refractivity contribution < 1.29 is 9.53 Å². The lowest BCUT2D eigenvalue weighted by molar-refractivity contribution is -0.148. The summed E-state index contributed by atoms with van der Waals surface area (Å²) < 4.78 is 4.91. The lowest BCUT2D eigenvalue weighted by Gasteiger charge is -2.30. The first-order chi connectivity index (χ1) is 7.81. The van der Waals surface area contributed by atoms with Crippen molar-refractivity contribution in [2.24, 2.45) is 17.8 Å². The Hall–Kier alpha value is -1.05. The molecule has 2 nitrogen and oxygen atoms in total. The summed E-state index contributed by atoms with van der Waals surface area (Å²) in [6, 6.07) is 0. The Morgan fingerprint density at radius 2 is 1.94 bits per heavy atom. The van der Waals surface area contributed by atoms with Gasteiger partial charge < -0.3 is 4.74 Å². The number of ether oxygens (including phenoxy) is 1. The number of hydrogen-bond acceptors (Lipinski definition) is 2. The molecule has 0 aromatic heterocycles. The van der Waals surface area contributed by atoms with Crippen LogP contribution < -0.4 is 0 Å². The summed E-state index contributed by atoms with van der Waals surface area (Å²) in [5.74, 6) is 1.19. The highest BCUT2D eigenvalue weighted by Gasteiger charge is 2.32. The van der Waals surface area contributed by atoms with Crippen LogP contribution in [0.1, 0.15) is 32.1 Å². The molecule has 16 heavy (non-hydrogen) atoms. The van der Waals surface area contributed by atoms with Gasteiger partial charge in [0.1, 0.15) is 0 Å². The van der Waals surface area contributed by atoms with Gasteiger partial charge in [-0.3, -0.25) is 4.79 Å². The zero-order valence-corrected chi connectivity index (χ0v) is 9.89. The fourth-order valence-corrected chi connectivity index (χ4v) is 2.94. The van der Waals surface area contributed by atoms with Gasteiger partial charge in [-0.1, -0.05) is 37.1 Å². The van der Waals surface area contributed by atoms with Gasteiger partial charge in [0.05, 0.1) is 13.0 Å². The molecule has 2 aliphatic rings. The van der Waals surface area contributed by atoms with Crippen LogP contribution in [0.2, 0.25) is 0 Å². The Balaban J connectivity index is 1.96. The van der Waals surface area contributed by atoms with Crippen LogP contribution in [0.4, 0.5) is 0 Å². The standard InChI is InChI=1S/C14H20O2/c1-16-14(15)13-9-5-4-8-12(13)10-11-6-2-3-7-11/h2-3,6-7,11-13H,4-5,8-10H2,1H3/t12-,13+/m0/s1. The predicted octanol–water partition coefficient (Wildman–Crippen LogP) is 3.10. The lowest BCUT2D eigenvalue weighted by atomic mass is 9.75. The Labute approximate surface area is 97.4 Å². The van der Waals surface area contributed by atoms with Crippen molar-refractivity contribution in [1.82, 2.24) is 0 Å². The second kappa shape index (κ2) is 5.33. The van der Waals surface area contributed by atoms with Gasteiger partial charge in [-0.2, -0.15) is 0 Å². The highest BCUT2D eigenvalue weighted by molar-refractivity contribution is 5.72. The average molecular weight is 220 g/mol. The van der Waals surface area contributed by atoms with E-state index in [-0.39, 0.29) is 11.9 Å². The molecule has 0 saturated heterocycles. The van der Waals surface area contributed by atoms with Crippen LogP contribution in [-0.4, -0.2) is 13.1 Å². The van der Waals surface area contributed by atoms with Crippen molar-refractivity contribution in [3.05, 3.63) is 24.3 Å². The van der Waals surface area contributed by atoms with Gasteiger partial charge in [-0.05, 0) is 31.1 Å². The lowest BCUT2D eigenvalue weighted by Crippen LogP contribution is -2.29. The smallest absolute Gasteiger partial charge is 0.308 e. The molecule has 0 N–H and O–H groups in total. The van der Waals surface area contributed by atoms with Gasteiger partial charge >= 0.3 is 5.97 Å². The SMILES string of the molecule is COC(=O)[C@@H]1CCCC[C@H]1CC1C=CC=C1. The molecule has 0 radical (unpaired) electrons. The highest BCUT2D eigenvalue weighted by Crippen LogP contribution is 2.36. The first kappa shape index (κ1) is 11.4. The number of carbonyl (C=O) groups is 1. The van der Waals surface area contributed by atoms with Crippen LogP contribution in [0.25, 0.3) is 0 Å². The van der Waals surface area contributed by atoms with E-state index < -0.39 is 0 Å². The van der Waals surface area contributed by atoms with Crippen LogP contribution in [0, 0.1) is 17.8 Å². The normalized spacial score (nSPS) is 29.6. The number of rotatable bonds is 3. The summed E-state index contributed by atoms with van der Waals surface area (Å²) in [7, 11) is 1.50. The summed E-state index contributed by atoms with van der Waals surface area (Å²) in [4.78, 5) is 11.7. The number of methoxy groups -OCH3 is 1. The summed E-state index contributed by atoms with van der Waals surface area (Å²) in [5.41, 5.74) is 0. The molecule has 1 saturated carbocycles. The minimum atomic E-state index is -0.00402. The molecule has 2 rings (SSSR count). The number of allylic oxidation sites excluding steroid dienone is 4. The minimum absolute atomic E-state index is 0.00402. The third-order valence-electron chi connectivity index (χ3n) is 3.82. The van der Waals surface area contributed by atoms with E-state index in [2.05, 4.69) is 24.3 Å². The van der Waals surface area contributed by atoms with Crippen molar-refractivity contribution in [2.75, 3.05) is 7.11 Å². The van der Waals surface area contributed by atoms with E-state index >= 15 is 0 Å². The molecule has 2 atom stereocenters. The summed E-state index contributed by atoms with van der Waals surface area (Å²) in [6.07, 6.45) is 14.4. The van der Waals surface area contributed by atoms with Crippen molar-refractivity contribution in [1.29, 1.82) is 0 Å². The van der Waals surface area contributed by atoms with Crippen molar-refractivity contribution >= 4 is 5.97 Å². The molecule has 0 bridgehead atoms. The maximum atomic E-state index is 11.7. The molecule has 2 heteroatoms. The largest absolute Gasteiger partial charge is 0.469 e. The van der Waals surface area contributed by atoms with Crippen LogP contribution >= 0.6 is 0 Å². The second-order valence-electron chi connectivity index (χ2n) is 4.84. The molecule has 0 aromatic rings. The van der Waals surface area contributed by atoms with Crippen LogP contribution in [0.5, 0.6) is 0 Å². The first-order valence-electron chi connectivity index (χ1n) is 6.24. The number of hydrogen-bond donors (Lipinski definition) is 0. The molecule has 2 aliphatic carbocycles. The van der Waals surface area contributed by atoms with Gasteiger partial charge in [-0.25, -0.2) is 0 Å². The van der Waals surface area contributed by atoms with Crippen LogP contribution in [0.3, 0.4) is 0 Å². The highest BCUT2D eigenvalue weighted by atomic mass is 16.5. The maximum absolute atomic E-state index is 11.7. The second-order valence-corrected chi connectivity index (χ2v) is 4.84. The third-order valence-corrected chi connectivity index (χ3v) is 3.82. The van der Waals surface area contributed by atoms with E-state index in [1.54, 1.807) is 0 Å². The molecular formula is C14H20O2. The van der Waals surface area contributed by atoms with Gasteiger partial charge in [0, 0.05) is 0 Å². The monoisotopic (exact) mass is 220 g/mol. The van der Waals surface area contributed by atoms with Crippen LogP contribution in [0.15, 0.2) is 24.3 Å². The molecule has 88 valence electrons. The third kappa shape index (κ3) is 2.55. The van der Waals surface area contributed by atoms with Gasteiger partial charge in [-0.15, -0.1) is 0 Å². The fourth-order valence-electron chi connectivity index (χ4n) is 2.94. The summed E-state index contributed by atoms with van der Waals surface area (Å²) in [6.45, 7) is 0. The zero-order valence-electron chi connectivity index (χ0n) is 9.89. The Morgan fingerprint density at radius 3 is 2.62 bits per heavy atom. The average Bonchev–Trinajstić information content (AvgIpc) is 2.82. The molecule has 0 heterocycles. The summed E-state index contributed by atoms with van der Waals surface area (Å²) >= 11 is 0. The van der Waals surface area contributed by atoms with Crippen LogP contribution in [-0.2, 0) is 9.53 Å². The maximum Gasteiger partial charge on any atom is 0.308 e. The fraction of sp³-hybridized carbons (Fsp3) is 0.643. The van der Waals surface area contributed by atoms with E-state index in [9.17, 15) is 4.79 Å². The molecule has 0 amide bonds. The topological polar surface area (TPSA) is 26.3 Å². The van der Waals surface area contributed by atoms with Gasteiger partial charge in [0.25, 0.3) is 0 Å². The number of carbonyl (C=O) groups excluding carboxylic acids is 1. The molecule has 0 unspecified atom stereocenters. The van der Waals surface area contributed by atoms with Crippen molar-refractivity contribution in [2.45, 2.75) is 32.1 Å². The van der Waals surface area contributed by atoms with E-state index in [4.69, 9.17) is 4.74 Å². The van der Waals surface area contributed by atoms with E-state index in [0.717, 1.165) is 12.8 Å². The molecule has 0 spiro atoms. The van der Waals surface area contributed by atoms with E-state index in [1.807, 2.05) is 0 Å². The van der Waals surface area contributed by atoms with Crippen molar-refractivity contribution in [3.63, 3.8) is 0 Å². The Kier molecular flexibility index (Phi) is 3.81. The van der Waals surface area contributed by atoms with E-state index in [1.165, 1.54) is 26.4 Å². The molecule has 1 fully saturated rings. The van der Waals surface area contributed by atoms with Crippen molar-refractivity contribution in [3.8, 4) is 0 Å². The number of esters is 1. The quantitative estimate of drug-likeness (QED) is 0.683. The van der Waals surface area contributed by atoms with Gasteiger partial charge in [0.2, 0.25) is 0 Å².